The maximum atomic E-state index is 12.2. The van der Waals surface area contributed by atoms with E-state index in [0.29, 0.717) is 17.2 Å². The van der Waals surface area contributed by atoms with Gasteiger partial charge in [0.25, 0.3) is 5.91 Å². The molecular weight excluding hydrogens is 360 g/mol. The number of amides is 1. The van der Waals surface area contributed by atoms with Gasteiger partial charge in [0.1, 0.15) is 0 Å². The lowest BCUT2D eigenvalue weighted by Gasteiger charge is -2.14. The van der Waals surface area contributed by atoms with Crippen LogP contribution >= 0.6 is 0 Å². The standard InChI is InChI=1S/C21H26N2O5/c1-14(2)28-18-11-6-15(12-19(18)26-5)21(25)27-13-20(24)22-16-7-9-17(10-8-16)23(3)4/h6-12,14H,13H2,1-5H3,(H,22,24). The third-order valence-electron chi connectivity index (χ3n) is 3.76. The molecule has 0 aliphatic carbocycles. The van der Waals surface area contributed by atoms with Crippen molar-refractivity contribution in [3.8, 4) is 11.5 Å². The third-order valence-corrected chi connectivity index (χ3v) is 3.76. The molecule has 0 saturated heterocycles. The van der Waals surface area contributed by atoms with Crippen molar-refractivity contribution in [2.75, 3.05) is 38.0 Å². The van der Waals surface area contributed by atoms with Crippen LogP contribution in [-0.2, 0) is 9.53 Å². The summed E-state index contributed by atoms with van der Waals surface area (Å²) in [4.78, 5) is 26.2. The predicted molar refractivity (Wildman–Crippen MR) is 108 cm³/mol. The van der Waals surface area contributed by atoms with Gasteiger partial charge in [0, 0.05) is 25.5 Å². The van der Waals surface area contributed by atoms with Gasteiger partial charge in [-0.3, -0.25) is 4.79 Å². The first kappa shape index (κ1) is 21.1. The summed E-state index contributed by atoms with van der Waals surface area (Å²) >= 11 is 0. The average Bonchev–Trinajstić information content (AvgIpc) is 2.66. The van der Waals surface area contributed by atoms with E-state index in [2.05, 4.69) is 5.32 Å². The Balaban J connectivity index is 1.93. The molecule has 0 atom stereocenters. The van der Waals surface area contributed by atoms with Crippen LogP contribution < -0.4 is 19.7 Å². The van der Waals surface area contributed by atoms with Crippen molar-refractivity contribution in [3.05, 3.63) is 48.0 Å². The second kappa shape index (κ2) is 9.64. The Morgan fingerprint density at radius 2 is 1.71 bits per heavy atom. The van der Waals surface area contributed by atoms with E-state index < -0.39 is 11.9 Å². The Kier molecular flexibility index (Phi) is 7.26. The summed E-state index contributed by atoms with van der Waals surface area (Å²) in [5, 5.41) is 2.69. The summed E-state index contributed by atoms with van der Waals surface area (Å²) in [5.74, 6) is -0.0771. The molecule has 0 spiro atoms. The van der Waals surface area contributed by atoms with Crippen molar-refractivity contribution in [2.45, 2.75) is 20.0 Å². The van der Waals surface area contributed by atoms with Crippen molar-refractivity contribution in [1.82, 2.24) is 0 Å². The maximum Gasteiger partial charge on any atom is 0.338 e. The molecule has 28 heavy (non-hydrogen) atoms. The van der Waals surface area contributed by atoms with E-state index in [-0.39, 0.29) is 18.3 Å². The monoisotopic (exact) mass is 386 g/mol. The predicted octanol–water partition coefficient (Wildman–Crippen LogP) is 3.34. The lowest BCUT2D eigenvalue weighted by Crippen LogP contribution is -2.21. The number of anilines is 2. The fourth-order valence-corrected chi connectivity index (χ4v) is 2.40. The highest BCUT2D eigenvalue weighted by atomic mass is 16.5. The molecule has 0 aliphatic heterocycles. The number of esters is 1. The molecule has 0 saturated carbocycles. The van der Waals surface area contributed by atoms with Crippen molar-refractivity contribution < 1.29 is 23.8 Å². The van der Waals surface area contributed by atoms with Gasteiger partial charge in [0.15, 0.2) is 18.1 Å². The molecular formula is C21H26N2O5. The first-order valence-corrected chi connectivity index (χ1v) is 8.89. The number of rotatable bonds is 8. The van der Waals surface area contributed by atoms with Gasteiger partial charge in [-0.05, 0) is 56.3 Å². The number of nitrogens with one attached hydrogen (secondary N) is 1. The molecule has 0 aromatic heterocycles. The molecule has 2 rings (SSSR count). The highest BCUT2D eigenvalue weighted by molar-refractivity contribution is 5.95. The second-order valence-corrected chi connectivity index (χ2v) is 6.60. The van der Waals surface area contributed by atoms with Crippen LogP contribution in [0.25, 0.3) is 0 Å². The van der Waals surface area contributed by atoms with Crippen LogP contribution in [0, 0.1) is 0 Å². The number of carbonyl (C=O) groups is 2. The quantitative estimate of drug-likeness (QED) is 0.701. The Hall–Kier alpha value is -3.22. The Labute approximate surface area is 165 Å². The van der Waals surface area contributed by atoms with Gasteiger partial charge in [0.2, 0.25) is 0 Å². The second-order valence-electron chi connectivity index (χ2n) is 6.60. The summed E-state index contributed by atoms with van der Waals surface area (Å²) in [5.41, 5.74) is 1.92. The van der Waals surface area contributed by atoms with Crippen molar-refractivity contribution in [2.24, 2.45) is 0 Å². The molecule has 2 aromatic rings. The molecule has 1 N–H and O–H groups in total. The van der Waals surface area contributed by atoms with Crippen molar-refractivity contribution in [3.63, 3.8) is 0 Å². The van der Waals surface area contributed by atoms with E-state index in [4.69, 9.17) is 14.2 Å². The highest BCUT2D eigenvalue weighted by Crippen LogP contribution is 2.29. The minimum Gasteiger partial charge on any atom is -0.493 e. The van der Waals surface area contributed by atoms with Gasteiger partial charge in [-0.2, -0.15) is 0 Å². The number of hydrogen-bond acceptors (Lipinski definition) is 6. The van der Waals surface area contributed by atoms with Gasteiger partial charge in [0.05, 0.1) is 18.8 Å². The summed E-state index contributed by atoms with van der Waals surface area (Å²) < 4.78 is 16.0. The largest absolute Gasteiger partial charge is 0.493 e. The van der Waals surface area contributed by atoms with Crippen LogP contribution in [0.2, 0.25) is 0 Å². The number of carbonyl (C=O) groups excluding carboxylic acids is 2. The number of hydrogen-bond donors (Lipinski definition) is 1. The summed E-state index contributed by atoms with van der Waals surface area (Å²) in [6.07, 6.45) is -0.0258. The molecule has 0 radical (unpaired) electrons. The molecule has 7 nitrogen and oxygen atoms in total. The normalized spacial score (nSPS) is 10.4. The lowest BCUT2D eigenvalue weighted by molar-refractivity contribution is -0.119. The molecule has 1 amide bonds. The zero-order chi connectivity index (χ0) is 20.7. The maximum absolute atomic E-state index is 12.2. The third kappa shape index (κ3) is 5.90. The Morgan fingerprint density at radius 1 is 1.04 bits per heavy atom. The van der Waals surface area contributed by atoms with E-state index in [9.17, 15) is 9.59 Å². The average molecular weight is 386 g/mol. The molecule has 7 heteroatoms. The summed E-state index contributed by atoms with van der Waals surface area (Å²) in [6.45, 7) is 3.41. The van der Waals surface area contributed by atoms with Crippen LogP contribution in [0.3, 0.4) is 0 Å². The zero-order valence-electron chi connectivity index (χ0n) is 16.8. The van der Waals surface area contributed by atoms with Crippen LogP contribution in [0.5, 0.6) is 11.5 Å². The van der Waals surface area contributed by atoms with Gasteiger partial charge < -0.3 is 24.4 Å². The van der Waals surface area contributed by atoms with Gasteiger partial charge in [-0.25, -0.2) is 4.79 Å². The van der Waals surface area contributed by atoms with Gasteiger partial charge >= 0.3 is 5.97 Å². The Morgan fingerprint density at radius 3 is 2.29 bits per heavy atom. The van der Waals surface area contributed by atoms with Crippen LogP contribution in [0.1, 0.15) is 24.2 Å². The molecule has 0 fully saturated rings. The minimum atomic E-state index is -0.618. The molecule has 0 heterocycles. The van der Waals surface area contributed by atoms with Crippen molar-refractivity contribution in [1.29, 1.82) is 0 Å². The fourth-order valence-electron chi connectivity index (χ4n) is 2.40. The highest BCUT2D eigenvalue weighted by Gasteiger charge is 2.15. The van der Waals surface area contributed by atoms with Gasteiger partial charge in [-0.1, -0.05) is 0 Å². The minimum absolute atomic E-state index is 0.0258. The van der Waals surface area contributed by atoms with E-state index in [1.807, 2.05) is 45.0 Å². The SMILES string of the molecule is COc1cc(C(=O)OCC(=O)Nc2ccc(N(C)C)cc2)ccc1OC(C)C. The van der Waals surface area contributed by atoms with Crippen LogP contribution in [-0.4, -0.2) is 45.8 Å². The molecule has 0 unspecified atom stereocenters. The number of nitrogens with zero attached hydrogens (tertiary/aromatic N) is 1. The summed E-state index contributed by atoms with van der Waals surface area (Å²) in [6, 6.07) is 12.1. The van der Waals surface area contributed by atoms with Crippen molar-refractivity contribution >= 4 is 23.3 Å². The number of ether oxygens (including phenoxy) is 3. The zero-order valence-corrected chi connectivity index (χ0v) is 16.8. The first-order valence-electron chi connectivity index (χ1n) is 8.89. The smallest absolute Gasteiger partial charge is 0.338 e. The van der Waals surface area contributed by atoms with Crippen LogP contribution in [0.15, 0.2) is 42.5 Å². The topological polar surface area (TPSA) is 77.1 Å². The van der Waals surface area contributed by atoms with E-state index >= 15 is 0 Å². The lowest BCUT2D eigenvalue weighted by atomic mass is 10.2. The van der Waals surface area contributed by atoms with Gasteiger partial charge in [-0.15, -0.1) is 0 Å². The molecule has 0 aliphatic rings. The fraction of sp³-hybridized carbons (Fsp3) is 0.333. The van der Waals surface area contributed by atoms with E-state index in [1.54, 1.807) is 24.3 Å². The summed E-state index contributed by atoms with van der Waals surface area (Å²) in [7, 11) is 5.36. The number of methoxy groups -OCH3 is 1. The molecule has 150 valence electrons. The van der Waals surface area contributed by atoms with Crippen LogP contribution in [0.4, 0.5) is 11.4 Å². The van der Waals surface area contributed by atoms with E-state index in [0.717, 1.165) is 5.69 Å². The van der Waals surface area contributed by atoms with E-state index in [1.165, 1.54) is 13.2 Å². The molecule has 0 bridgehead atoms. The number of benzene rings is 2. The Bertz CT molecular complexity index is 816. The first-order chi connectivity index (χ1) is 13.3. The molecule has 2 aromatic carbocycles.